The van der Waals surface area contributed by atoms with E-state index in [4.69, 9.17) is 4.74 Å². The number of nitrogens with one attached hydrogen (secondary N) is 3. The van der Waals surface area contributed by atoms with Crippen molar-refractivity contribution < 1.29 is 9.13 Å². The number of rotatable bonds is 8. The maximum absolute atomic E-state index is 14.2. The standard InChI is InChI=1S/C25H29FIN9O/c1-17-4-5-31-36(17)22-11-18(13-27)10-21(12-22)32-20-3-2-19(28-14-20)15-30-34-25-29-16-23(26)24(33-25)35-6-8-37-9-7-35/h2-3,10-12,14-17,31-32H,4-9,13H2,1H3,(H,29,33,34)/b30-15+. The lowest BCUT2D eigenvalue weighted by atomic mass is 10.1. The van der Waals surface area contributed by atoms with Gasteiger partial charge in [-0.1, -0.05) is 22.6 Å². The van der Waals surface area contributed by atoms with Crippen molar-refractivity contribution in [3.63, 3.8) is 0 Å². The van der Waals surface area contributed by atoms with Crippen molar-refractivity contribution in [1.29, 1.82) is 0 Å². The topological polar surface area (TPSA) is 103 Å². The second-order valence-corrected chi connectivity index (χ2v) is 9.63. The Morgan fingerprint density at radius 2 is 2.05 bits per heavy atom. The SMILES string of the molecule is CC1CCNN1c1cc(CI)cc(Nc2ccc(/C=N/Nc3ncc(F)c(N4CCOCC4)n3)nc2)c1. The Balaban J connectivity index is 1.22. The van der Waals surface area contributed by atoms with Gasteiger partial charge in [-0.3, -0.25) is 4.98 Å². The van der Waals surface area contributed by atoms with Crippen LogP contribution in [0.2, 0.25) is 0 Å². The van der Waals surface area contributed by atoms with Crippen LogP contribution in [0.15, 0.2) is 47.8 Å². The lowest BCUT2D eigenvalue weighted by molar-refractivity contribution is 0.122. The fourth-order valence-corrected chi connectivity index (χ4v) is 4.71. The minimum atomic E-state index is -0.469. The van der Waals surface area contributed by atoms with Crippen molar-refractivity contribution in [3.05, 3.63) is 59.8 Å². The van der Waals surface area contributed by atoms with Crippen molar-refractivity contribution in [2.45, 2.75) is 23.8 Å². The molecule has 4 heterocycles. The van der Waals surface area contributed by atoms with Gasteiger partial charge in [-0.25, -0.2) is 20.2 Å². The highest BCUT2D eigenvalue weighted by atomic mass is 127. The molecule has 1 atom stereocenters. The second-order valence-electron chi connectivity index (χ2n) is 8.87. The molecule has 0 saturated carbocycles. The van der Waals surface area contributed by atoms with E-state index in [0.29, 0.717) is 38.0 Å². The summed E-state index contributed by atoms with van der Waals surface area (Å²) in [4.78, 5) is 14.5. The molecule has 2 saturated heterocycles. The Bertz CT molecular complexity index is 1240. The molecule has 3 aromatic rings. The van der Waals surface area contributed by atoms with E-state index in [1.165, 1.54) is 5.56 Å². The molecule has 12 heteroatoms. The number of nitrogens with zero attached hydrogens (tertiary/aromatic N) is 6. The van der Waals surface area contributed by atoms with Gasteiger partial charge in [-0.05, 0) is 49.2 Å². The molecule has 2 aliphatic heterocycles. The highest BCUT2D eigenvalue weighted by Gasteiger charge is 2.21. The predicted molar refractivity (Wildman–Crippen MR) is 152 cm³/mol. The van der Waals surface area contributed by atoms with Gasteiger partial charge in [0.25, 0.3) is 0 Å². The third-order valence-electron chi connectivity index (χ3n) is 6.17. The van der Waals surface area contributed by atoms with E-state index < -0.39 is 5.82 Å². The second kappa shape index (κ2) is 12.0. The zero-order valence-electron chi connectivity index (χ0n) is 20.5. The summed E-state index contributed by atoms with van der Waals surface area (Å²) in [5, 5.41) is 9.86. The van der Waals surface area contributed by atoms with Gasteiger partial charge < -0.3 is 20.0 Å². The summed E-state index contributed by atoms with van der Waals surface area (Å²) >= 11 is 2.39. The average molecular weight is 617 g/mol. The fourth-order valence-electron chi connectivity index (χ4n) is 4.27. The zero-order valence-corrected chi connectivity index (χ0v) is 22.7. The van der Waals surface area contributed by atoms with Crippen LogP contribution in [0.3, 0.4) is 0 Å². The van der Waals surface area contributed by atoms with E-state index in [9.17, 15) is 4.39 Å². The molecule has 194 valence electrons. The van der Waals surface area contributed by atoms with Crippen molar-refractivity contribution in [1.82, 2.24) is 20.4 Å². The number of ether oxygens (including phenoxy) is 1. The highest BCUT2D eigenvalue weighted by Crippen LogP contribution is 2.28. The zero-order chi connectivity index (χ0) is 25.6. The number of hydrogen-bond acceptors (Lipinski definition) is 10. The average Bonchev–Trinajstić information content (AvgIpc) is 3.36. The van der Waals surface area contributed by atoms with Crippen molar-refractivity contribution >= 4 is 57.6 Å². The summed E-state index contributed by atoms with van der Waals surface area (Å²) in [6.45, 7) is 5.47. The summed E-state index contributed by atoms with van der Waals surface area (Å²) in [7, 11) is 0. The van der Waals surface area contributed by atoms with Gasteiger partial charge in [0.1, 0.15) is 0 Å². The molecule has 0 spiro atoms. The third kappa shape index (κ3) is 6.43. The van der Waals surface area contributed by atoms with Crippen LogP contribution in [-0.4, -0.2) is 60.1 Å². The van der Waals surface area contributed by atoms with E-state index >= 15 is 0 Å². The number of alkyl halides is 1. The first kappa shape index (κ1) is 25.5. The fraction of sp³-hybridized carbons (Fsp3) is 0.360. The number of hydrazone groups is 1. The van der Waals surface area contributed by atoms with E-state index in [2.05, 4.69) is 88.9 Å². The van der Waals surface area contributed by atoms with Crippen LogP contribution in [0.1, 0.15) is 24.6 Å². The normalized spacial score (nSPS) is 18.0. The van der Waals surface area contributed by atoms with Crippen molar-refractivity contribution in [2.75, 3.05) is 53.5 Å². The maximum atomic E-state index is 14.2. The number of pyridine rings is 1. The Morgan fingerprint density at radius 3 is 2.78 bits per heavy atom. The predicted octanol–water partition coefficient (Wildman–Crippen LogP) is 4.08. The monoisotopic (exact) mass is 617 g/mol. The molecule has 5 rings (SSSR count). The molecule has 0 aliphatic carbocycles. The van der Waals surface area contributed by atoms with E-state index in [1.807, 2.05) is 17.0 Å². The Labute approximate surface area is 228 Å². The number of aromatic nitrogens is 3. The summed E-state index contributed by atoms with van der Waals surface area (Å²) in [5.74, 6) is -0.0111. The molecule has 1 aromatic carbocycles. The number of halogens is 2. The largest absolute Gasteiger partial charge is 0.378 e. The first-order chi connectivity index (χ1) is 18.1. The molecule has 0 radical (unpaired) electrons. The minimum absolute atomic E-state index is 0.213. The van der Waals surface area contributed by atoms with Gasteiger partial charge in [0.2, 0.25) is 5.95 Å². The van der Waals surface area contributed by atoms with Crippen LogP contribution >= 0.6 is 22.6 Å². The number of morpholine rings is 1. The molecule has 0 bridgehead atoms. The van der Waals surface area contributed by atoms with Gasteiger partial charge in [0.05, 0.1) is 48.9 Å². The highest BCUT2D eigenvalue weighted by molar-refractivity contribution is 14.1. The first-order valence-electron chi connectivity index (χ1n) is 12.2. The summed E-state index contributed by atoms with van der Waals surface area (Å²) in [6, 6.07) is 10.8. The molecule has 10 nitrogen and oxygen atoms in total. The maximum Gasteiger partial charge on any atom is 0.245 e. The number of hydrogen-bond donors (Lipinski definition) is 3. The van der Waals surface area contributed by atoms with Crippen molar-refractivity contribution in [3.8, 4) is 0 Å². The van der Waals surface area contributed by atoms with Crippen LogP contribution in [0.4, 0.5) is 33.2 Å². The number of benzene rings is 1. The van der Waals surface area contributed by atoms with E-state index in [-0.39, 0.29) is 11.8 Å². The lowest BCUT2D eigenvalue weighted by Gasteiger charge is -2.27. The number of hydrazine groups is 1. The van der Waals surface area contributed by atoms with Gasteiger partial charge >= 0.3 is 0 Å². The molecule has 0 amide bonds. The summed E-state index contributed by atoms with van der Waals surface area (Å²) < 4.78 is 20.4. The molecular weight excluding hydrogens is 588 g/mol. The molecule has 2 aromatic heterocycles. The van der Waals surface area contributed by atoms with Gasteiger partial charge in [-0.15, -0.1) is 0 Å². The summed E-state index contributed by atoms with van der Waals surface area (Å²) in [5.41, 5.74) is 11.2. The Hall–Kier alpha value is -3.10. The van der Waals surface area contributed by atoms with E-state index in [0.717, 1.165) is 40.7 Å². The molecule has 3 N–H and O–H groups in total. The third-order valence-corrected chi connectivity index (χ3v) is 7.05. The van der Waals surface area contributed by atoms with Crippen LogP contribution < -0.4 is 26.1 Å². The quantitative estimate of drug-likeness (QED) is 0.149. The van der Waals surface area contributed by atoms with Crippen LogP contribution in [-0.2, 0) is 9.16 Å². The van der Waals surface area contributed by atoms with Crippen LogP contribution in [0.5, 0.6) is 0 Å². The summed E-state index contributed by atoms with van der Waals surface area (Å²) in [6.07, 6.45) is 5.61. The molecule has 2 aliphatic rings. The Morgan fingerprint density at radius 1 is 1.19 bits per heavy atom. The molecular formula is C25H29FIN9O. The minimum Gasteiger partial charge on any atom is -0.378 e. The van der Waals surface area contributed by atoms with Gasteiger partial charge in [0.15, 0.2) is 11.6 Å². The van der Waals surface area contributed by atoms with Gasteiger partial charge in [0, 0.05) is 35.8 Å². The first-order valence-corrected chi connectivity index (χ1v) is 13.7. The van der Waals surface area contributed by atoms with Gasteiger partial charge in [-0.2, -0.15) is 10.1 Å². The van der Waals surface area contributed by atoms with E-state index in [1.54, 1.807) is 12.4 Å². The van der Waals surface area contributed by atoms with Crippen LogP contribution in [0.25, 0.3) is 0 Å². The molecule has 1 unspecified atom stereocenters. The van der Waals surface area contributed by atoms with Crippen molar-refractivity contribution in [2.24, 2.45) is 5.10 Å². The number of anilines is 5. The Kier molecular flexibility index (Phi) is 8.26. The van der Waals surface area contributed by atoms with Crippen LogP contribution in [0, 0.1) is 5.82 Å². The molecule has 2 fully saturated rings. The smallest absolute Gasteiger partial charge is 0.245 e. The molecule has 37 heavy (non-hydrogen) atoms. The lowest BCUT2D eigenvalue weighted by Crippen LogP contribution is -2.37.